The molecule has 0 amide bonds. The maximum atomic E-state index is 5.61. The molecule has 0 aliphatic heterocycles. The van der Waals surface area contributed by atoms with Gasteiger partial charge < -0.3 is 14.0 Å². The van der Waals surface area contributed by atoms with Crippen LogP contribution in [0.25, 0.3) is 0 Å². The molecule has 0 bridgehead atoms. The molecular weight excluding hydrogens is 154 g/mol. The number of rotatable bonds is 5. The van der Waals surface area contributed by atoms with Gasteiger partial charge in [0.05, 0.1) is 20.6 Å². The summed E-state index contributed by atoms with van der Waals surface area (Å²) >= 11 is 0. The van der Waals surface area contributed by atoms with Gasteiger partial charge in [0.2, 0.25) is 0 Å². The number of hydrogen-bond donors (Lipinski definition) is 0. The van der Waals surface area contributed by atoms with E-state index in [9.17, 15) is 0 Å². The minimum absolute atomic E-state index is 0.121. The Balaban J connectivity index is 3.93. The summed E-state index contributed by atoms with van der Waals surface area (Å²) in [5.74, 6) is 0. The van der Waals surface area contributed by atoms with Crippen molar-refractivity contribution < 1.29 is 14.0 Å². The van der Waals surface area contributed by atoms with E-state index < -0.39 is 0 Å². The highest BCUT2D eigenvalue weighted by atomic mass is 16.7. The van der Waals surface area contributed by atoms with E-state index in [4.69, 9.17) is 9.47 Å². The molecule has 74 valence electrons. The molecule has 0 heterocycles. The van der Waals surface area contributed by atoms with Crippen molar-refractivity contribution in [2.75, 3.05) is 27.7 Å². The molecule has 12 heavy (non-hydrogen) atoms. The highest BCUT2D eigenvalue weighted by molar-refractivity contribution is 4.36. The third-order valence-corrected chi connectivity index (χ3v) is 2.52. The van der Waals surface area contributed by atoms with Crippen molar-refractivity contribution in [1.29, 1.82) is 0 Å². The van der Waals surface area contributed by atoms with Crippen LogP contribution < -0.4 is 0 Å². The summed E-state index contributed by atoms with van der Waals surface area (Å²) in [7, 11) is 5.95. The van der Waals surface area contributed by atoms with Crippen LogP contribution in [-0.2, 0) is 9.47 Å². The van der Waals surface area contributed by atoms with Crippen LogP contribution in [0, 0.1) is 0 Å². The van der Waals surface area contributed by atoms with Gasteiger partial charge in [-0.2, -0.15) is 0 Å². The summed E-state index contributed by atoms with van der Waals surface area (Å²) in [4.78, 5) is 0. The molecule has 0 saturated carbocycles. The third kappa shape index (κ3) is 3.52. The predicted molar refractivity (Wildman–Crippen MR) is 49.7 cm³/mol. The topological polar surface area (TPSA) is 18.5 Å². The first-order chi connectivity index (χ1) is 5.44. The molecule has 0 N–H and O–H groups in total. The quantitative estimate of drug-likeness (QED) is 0.466. The average molecular weight is 176 g/mol. The van der Waals surface area contributed by atoms with Crippen LogP contribution in [0.3, 0.4) is 0 Å². The normalized spacial score (nSPS) is 17.5. The van der Waals surface area contributed by atoms with Gasteiger partial charge in [0, 0.05) is 14.0 Å². The predicted octanol–water partition coefficient (Wildman–Crippen LogP) is 1.44. The fourth-order valence-corrected chi connectivity index (χ4v) is 0.755. The minimum Gasteiger partial charge on any atom is -0.356 e. The van der Waals surface area contributed by atoms with Crippen LogP contribution in [-0.4, -0.2) is 44.8 Å². The number of ether oxygens (including phenoxy) is 2. The van der Waals surface area contributed by atoms with Crippen molar-refractivity contribution in [3.63, 3.8) is 0 Å². The first-order valence-corrected chi connectivity index (χ1v) is 4.45. The van der Waals surface area contributed by atoms with Crippen molar-refractivity contribution >= 4 is 0 Å². The molecule has 0 fully saturated rings. The molecule has 3 heteroatoms. The van der Waals surface area contributed by atoms with E-state index in [1.807, 2.05) is 6.92 Å². The summed E-state index contributed by atoms with van der Waals surface area (Å²) in [6, 6.07) is 0. The van der Waals surface area contributed by atoms with Crippen molar-refractivity contribution in [3.8, 4) is 0 Å². The second kappa shape index (κ2) is 4.80. The minimum atomic E-state index is -0.121. The molecule has 2 atom stereocenters. The highest BCUT2D eigenvalue weighted by Gasteiger charge is 2.23. The highest BCUT2D eigenvalue weighted by Crippen LogP contribution is 2.09. The zero-order valence-electron chi connectivity index (χ0n) is 9.13. The smallest absolute Gasteiger partial charge is 0.192 e. The van der Waals surface area contributed by atoms with Crippen LogP contribution in [0.1, 0.15) is 20.8 Å². The number of methoxy groups -OCH3 is 1. The zero-order valence-corrected chi connectivity index (χ0v) is 9.13. The molecule has 3 nitrogen and oxygen atoms in total. The molecular formula is C9H22NO2+. The van der Waals surface area contributed by atoms with Crippen LogP contribution >= 0.6 is 0 Å². The Morgan fingerprint density at radius 3 is 2.08 bits per heavy atom. The summed E-state index contributed by atoms with van der Waals surface area (Å²) in [6.07, 6.45) is 0.0499. The van der Waals surface area contributed by atoms with E-state index in [0.29, 0.717) is 0 Å². The molecule has 0 rings (SSSR count). The molecule has 0 spiro atoms. The van der Waals surface area contributed by atoms with Gasteiger partial charge in [-0.1, -0.05) is 0 Å². The second-order valence-corrected chi connectivity index (χ2v) is 3.63. The van der Waals surface area contributed by atoms with E-state index >= 15 is 0 Å². The van der Waals surface area contributed by atoms with Crippen molar-refractivity contribution in [2.45, 2.75) is 33.3 Å². The van der Waals surface area contributed by atoms with Gasteiger partial charge >= 0.3 is 0 Å². The Hall–Kier alpha value is -0.120. The fourth-order valence-electron chi connectivity index (χ4n) is 0.755. The van der Waals surface area contributed by atoms with Gasteiger partial charge in [0.15, 0.2) is 12.5 Å². The maximum absolute atomic E-state index is 5.61. The van der Waals surface area contributed by atoms with Crippen LogP contribution in [0.4, 0.5) is 0 Å². The molecule has 0 radical (unpaired) electrons. The Morgan fingerprint density at radius 1 is 1.25 bits per heavy atom. The van der Waals surface area contributed by atoms with Gasteiger partial charge in [-0.15, -0.1) is 0 Å². The molecule has 0 aromatic carbocycles. The van der Waals surface area contributed by atoms with Gasteiger partial charge in [0.1, 0.15) is 0 Å². The summed E-state index contributed by atoms with van der Waals surface area (Å²) in [5.41, 5.74) is 0. The Labute approximate surface area is 75.9 Å². The van der Waals surface area contributed by atoms with E-state index in [0.717, 1.165) is 11.0 Å². The van der Waals surface area contributed by atoms with E-state index in [-0.39, 0.29) is 12.5 Å². The Kier molecular flexibility index (Phi) is 4.75. The monoisotopic (exact) mass is 176 g/mol. The molecule has 0 aromatic heterocycles. The van der Waals surface area contributed by atoms with E-state index in [2.05, 4.69) is 27.9 Å². The second-order valence-electron chi connectivity index (χ2n) is 3.63. The maximum Gasteiger partial charge on any atom is 0.192 e. The van der Waals surface area contributed by atoms with Crippen molar-refractivity contribution in [1.82, 2.24) is 0 Å². The molecule has 2 unspecified atom stereocenters. The van der Waals surface area contributed by atoms with E-state index in [1.165, 1.54) is 0 Å². The van der Waals surface area contributed by atoms with Gasteiger partial charge in [-0.25, -0.2) is 0 Å². The number of quaternary nitrogens is 1. The van der Waals surface area contributed by atoms with Gasteiger partial charge in [-0.05, 0) is 13.8 Å². The molecule has 0 saturated heterocycles. The lowest BCUT2D eigenvalue weighted by atomic mass is 10.4. The lowest BCUT2D eigenvalue weighted by Crippen LogP contribution is -2.49. The van der Waals surface area contributed by atoms with E-state index in [1.54, 1.807) is 7.11 Å². The summed E-state index contributed by atoms with van der Waals surface area (Å²) < 4.78 is 11.5. The lowest BCUT2D eigenvalue weighted by molar-refractivity contribution is -0.935. The summed E-state index contributed by atoms with van der Waals surface area (Å²) in [5, 5.41) is 0. The Morgan fingerprint density at radius 2 is 1.75 bits per heavy atom. The fraction of sp³-hybridized carbons (Fsp3) is 1.00. The number of hydrogen-bond acceptors (Lipinski definition) is 2. The largest absolute Gasteiger partial charge is 0.356 e. The number of nitrogens with zero attached hydrogens (tertiary/aromatic N) is 1. The van der Waals surface area contributed by atoms with Gasteiger partial charge in [0.25, 0.3) is 0 Å². The van der Waals surface area contributed by atoms with Crippen LogP contribution in [0.15, 0.2) is 0 Å². The first kappa shape index (κ1) is 11.9. The van der Waals surface area contributed by atoms with Crippen LogP contribution in [0.5, 0.6) is 0 Å². The Bertz CT molecular complexity index is 126. The zero-order chi connectivity index (χ0) is 9.78. The average Bonchev–Trinajstić information content (AvgIpc) is 2.04. The van der Waals surface area contributed by atoms with Gasteiger partial charge in [-0.3, -0.25) is 0 Å². The van der Waals surface area contributed by atoms with Crippen LogP contribution in [0.2, 0.25) is 0 Å². The molecule has 0 aliphatic carbocycles. The van der Waals surface area contributed by atoms with Crippen molar-refractivity contribution in [2.24, 2.45) is 0 Å². The summed E-state index contributed by atoms with van der Waals surface area (Å²) in [6.45, 7) is 7.18. The molecule has 0 aromatic rings. The third-order valence-electron chi connectivity index (χ3n) is 2.52. The first-order valence-electron chi connectivity index (χ1n) is 4.45. The van der Waals surface area contributed by atoms with Crippen molar-refractivity contribution in [3.05, 3.63) is 0 Å². The lowest BCUT2D eigenvalue weighted by Gasteiger charge is -2.35. The SMILES string of the molecule is CC[N+](C)(C)C(C)OC(C)OC. The molecule has 0 aliphatic rings. The standard InChI is InChI=1S/C9H22NO2/c1-7-10(4,5)8(2)12-9(3)11-6/h8-9H,7H2,1-6H3/q+1.